The lowest BCUT2D eigenvalue weighted by Gasteiger charge is -2.07. The Bertz CT molecular complexity index is 611. The van der Waals surface area contributed by atoms with E-state index in [1.54, 1.807) is 18.3 Å². The lowest BCUT2D eigenvalue weighted by Crippen LogP contribution is -2.25. The second-order valence-electron chi connectivity index (χ2n) is 3.99. The third-order valence-electron chi connectivity index (χ3n) is 2.46. The highest BCUT2D eigenvalue weighted by atomic mass is 35.5. The summed E-state index contributed by atoms with van der Waals surface area (Å²) in [6.45, 7) is 1.86. The fourth-order valence-corrected chi connectivity index (χ4v) is 1.75. The molecule has 0 aliphatic carbocycles. The average Bonchev–Trinajstić information content (AvgIpc) is 2.48. The Labute approximate surface area is 127 Å². The van der Waals surface area contributed by atoms with Gasteiger partial charge < -0.3 is 5.32 Å². The molecule has 0 aliphatic rings. The van der Waals surface area contributed by atoms with Crippen LogP contribution in [0.2, 0.25) is 5.02 Å². The topological polar surface area (TPSA) is 49.3 Å². The fourth-order valence-electron chi connectivity index (χ4n) is 1.46. The van der Waals surface area contributed by atoms with E-state index < -0.39 is 0 Å². The van der Waals surface area contributed by atoms with Gasteiger partial charge in [0.1, 0.15) is 0 Å². The van der Waals surface area contributed by atoms with Crippen molar-refractivity contribution < 1.29 is 0 Å². The van der Waals surface area contributed by atoms with Crippen molar-refractivity contribution in [1.29, 1.82) is 0 Å². The van der Waals surface area contributed by atoms with Crippen molar-refractivity contribution in [2.45, 2.75) is 6.92 Å². The number of nitrogens with zero attached hydrogens (tertiary/aromatic N) is 2. The van der Waals surface area contributed by atoms with Crippen LogP contribution in [0.15, 0.2) is 53.8 Å². The summed E-state index contributed by atoms with van der Waals surface area (Å²) in [7, 11) is 0. The number of pyridine rings is 1. The average molecular weight is 305 g/mol. The highest BCUT2D eigenvalue weighted by molar-refractivity contribution is 7.80. The van der Waals surface area contributed by atoms with Gasteiger partial charge in [0, 0.05) is 16.9 Å². The van der Waals surface area contributed by atoms with Crippen LogP contribution in [0.25, 0.3) is 0 Å². The predicted octanol–water partition coefficient (Wildman–Crippen LogP) is 3.45. The number of rotatable bonds is 3. The zero-order chi connectivity index (χ0) is 14.4. The van der Waals surface area contributed by atoms with E-state index in [1.165, 1.54) is 0 Å². The maximum atomic E-state index is 5.81. The van der Waals surface area contributed by atoms with Gasteiger partial charge in [-0.25, -0.2) is 0 Å². The quantitative estimate of drug-likeness (QED) is 0.518. The number of anilines is 1. The Morgan fingerprint density at radius 1 is 1.20 bits per heavy atom. The third-order valence-corrected chi connectivity index (χ3v) is 2.91. The molecule has 0 aliphatic heterocycles. The van der Waals surface area contributed by atoms with Crippen LogP contribution in [-0.2, 0) is 0 Å². The molecular weight excluding hydrogens is 292 g/mol. The smallest absolute Gasteiger partial charge is 0.191 e. The van der Waals surface area contributed by atoms with E-state index in [0.717, 1.165) is 17.1 Å². The van der Waals surface area contributed by atoms with Crippen molar-refractivity contribution in [3.05, 3.63) is 59.4 Å². The first kappa shape index (κ1) is 14.4. The van der Waals surface area contributed by atoms with E-state index in [1.807, 2.05) is 37.3 Å². The van der Waals surface area contributed by atoms with E-state index in [9.17, 15) is 0 Å². The molecule has 0 atom stereocenters. The summed E-state index contributed by atoms with van der Waals surface area (Å²) in [6, 6.07) is 12.9. The predicted molar refractivity (Wildman–Crippen MR) is 87.3 cm³/mol. The minimum atomic E-state index is 0.405. The number of thiocarbonyl (C=S) groups is 1. The van der Waals surface area contributed by atoms with Crippen LogP contribution in [0.4, 0.5) is 5.69 Å². The summed E-state index contributed by atoms with van der Waals surface area (Å²) < 4.78 is 0. The Balaban J connectivity index is 1.93. The molecule has 0 unspecified atom stereocenters. The number of aromatic nitrogens is 1. The van der Waals surface area contributed by atoms with Crippen LogP contribution in [-0.4, -0.2) is 15.8 Å². The van der Waals surface area contributed by atoms with Gasteiger partial charge >= 0.3 is 0 Å². The molecule has 0 amide bonds. The number of halogens is 1. The number of nitrogens with one attached hydrogen (secondary N) is 2. The molecule has 2 aromatic rings. The molecule has 0 radical (unpaired) electrons. The molecule has 0 fully saturated rings. The van der Waals surface area contributed by atoms with E-state index in [2.05, 4.69) is 20.8 Å². The van der Waals surface area contributed by atoms with Gasteiger partial charge in [-0.2, -0.15) is 5.10 Å². The van der Waals surface area contributed by atoms with Gasteiger partial charge in [0.05, 0.1) is 11.4 Å². The molecule has 0 bridgehead atoms. The minimum absolute atomic E-state index is 0.405. The molecule has 6 heteroatoms. The van der Waals surface area contributed by atoms with Crippen LogP contribution < -0.4 is 10.7 Å². The van der Waals surface area contributed by atoms with Gasteiger partial charge in [-0.15, -0.1) is 0 Å². The molecule has 2 N–H and O–H groups in total. The molecule has 1 heterocycles. The second kappa shape index (κ2) is 6.98. The maximum absolute atomic E-state index is 5.81. The van der Waals surface area contributed by atoms with Gasteiger partial charge in [0.15, 0.2) is 5.11 Å². The van der Waals surface area contributed by atoms with Crippen molar-refractivity contribution in [2.24, 2.45) is 5.10 Å². The van der Waals surface area contributed by atoms with Crippen molar-refractivity contribution in [2.75, 3.05) is 5.32 Å². The van der Waals surface area contributed by atoms with Gasteiger partial charge in [-0.1, -0.05) is 17.7 Å². The normalized spacial score (nSPS) is 11.0. The summed E-state index contributed by atoms with van der Waals surface area (Å²) in [5, 5.41) is 8.28. The van der Waals surface area contributed by atoms with E-state index in [4.69, 9.17) is 23.8 Å². The monoisotopic (exact) mass is 304 g/mol. The van der Waals surface area contributed by atoms with Gasteiger partial charge in [-0.05, 0) is 55.5 Å². The fraction of sp³-hybridized carbons (Fsp3) is 0.0714. The first-order chi connectivity index (χ1) is 9.65. The lowest BCUT2D eigenvalue weighted by atomic mass is 10.3. The summed E-state index contributed by atoms with van der Waals surface area (Å²) in [4.78, 5) is 4.20. The molecule has 20 heavy (non-hydrogen) atoms. The zero-order valence-electron chi connectivity index (χ0n) is 10.8. The van der Waals surface area contributed by atoms with Gasteiger partial charge in [-0.3, -0.25) is 10.4 Å². The van der Waals surface area contributed by atoms with Crippen molar-refractivity contribution in [1.82, 2.24) is 10.4 Å². The lowest BCUT2D eigenvalue weighted by molar-refractivity contribution is 1.03. The standard InChI is InChI=1S/C14H13ClN4S/c1-10(13-4-2-3-9-16-13)18-19-14(20)17-12-7-5-11(15)6-8-12/h2-9H,1H3,(H2,17,19,20)/b18-10+. The van der Waals surface area contributed by atoms with Crippen molar-refractivity contribution in [3.63, 3.8) is 0 Å². The number of hydrogen-bond donors (Lipinski definition) is 2. The molecule has 1 aromatic heterocycles. The summed E-state index contributed by atoms with van der Waals surface area (Å²) in [5.74, 6) is 0. The van der Waals surface area contributed by atoms with Crippen LogP contribution >= 0.6 is 23.8 Å². The SMILES string of the molecule is C/C(=N\NC(=S)Nc1ccc(Cl)cc1)c1ccccn1. The minimum Gasteiger partial charge on any atom is -0.331 e. The zero-order valence-corrected chi connectivity index (χ0v) is 12.4. The van der Waals surface area contributed by atoms with Crippen LogP contribution in [0.3, 0.4) is 0 Å². The molecular formula is C14H13ClN4S. The van der Waals surface area contributed by atoms with Crippen LogP contribution in [0.1, 0.15) is 12.6 Å². The molecule has 1 aromatic carbocycles. The molecule has 0 saturated heterocycles. The largest absolute Gasteiger partial charge is 0.331 e. The summed E-state index contributed by atoms with van der Waals surface area (Å²) in [6.07, 6.45) is 1.72. The summed E-state index contributed by atoms with van der Waals surface area (Å²) >= 11 is 11.0. The van der Waals surface area contributed by atoms with Gasteiger partial charge in [0.25, 0.3) is 0 Å². The molecule has 4 nitrogen and oxygen atoms in total. The molecule has 0 spiro atoms. The highest BCUT2D eigenvalue weighted by Gasteiger charge is 1.99. The number of hydrogen-bond acceptors (Lipinski definition) is 3. The van der Waals surface area contributed by atoms with Crippen LogP contribution in [0, 0.1) is 0 Å². The maximum Gasteiger partial charge on any atom is 0.191 e. The van der Waals surface area contributed by atoms with Crippen LogP contribution in [0.5, 0.6) is 0 Å². The summed E-state index contributed by atoms with van der Waals surface area (Å²) in [5.41, 5.74) is 5.18. The third kappa shape index (κ3) is 4.29. The first-order valence-electron chi connectivity index (χ1n) is 5.93. The Hall–Kier alpha value is -1.98. The molecule has 2 rings (SSSR count). The van der Waals surface area contributed by atoms with Crippen molar-refractivity contribution in [3.8, 4) is 0 Å². The number of benzene rings is 1. The van der Waals surface area contributed by atoms with E-state index in [-0.39, 0.29) is 0 Å². The van der Waals surface area contributed by atoms with E-state index >= 15 is 0 Å². The second-order valence-corrected chi connectivity index (χ2v) is 4.83. The Morgan fingerprint density at radius 3 is 2.60 bits per heavy atom. The highest BCUT2D eigenvalue weighted by Crippen LogP contribution is 2.13. The number of hydrazone groups is 1. The van der Waals surface area contributed by atoms with Crippen molar-refractivity contribution >= 4 is 40.3 Å². The molecule has 102 valence electrons. The molecule has 0 saturated carbocycles. The van der Waals surface area contributed by atoms with Gasteiger partial charge in [0.2, 0.25) is 0 Å². The Kier molecular flexibility index (Phi) is 5.03. The van der Waals surface area contributed by atoms with E-state index in [0.29, 0.717) is 10.1 Å². The first-order valence-corrected chi connectivity index (χ1v) is 6.72. The Morgan fingerprint density at radius 2 is 1.95 bits per heavy atom.